The second-order valence-corrected chi connectivity index (χ2v) is 4.00. The van der Waals surface area contributed by atoms with Crippen LogP contribution < -0.4 is 0 Å². The molecule has 0 heterocycles. The van der Waals surface area contributed by atoms with Crippen molar-refractivity contribution < 1.29 is 19.1 Å². The fourth-order valence-corrected chi connectivity index (χ4v) is 2.29. The third-order valence-corrected chi connectivity index (χ3v) is 3.39. The Morgan fingerprint density at radius 1 is 1.06 bits per heavy atom. The van der Waals surface area contributed by atoms with Crippen molar-refractivity contribution in [1.82, 2.24) is 0 Å². The van der Waals surface area contributed by atoms with E-state index in [1.165, 1.54) is 6.92 Å². The highest BCUT2D eigenvalue weighted by atomic mass is 16.5. The summed E-state index contributed by atoms with van der Waals surface area (Å²) in [5, 5.41) is 18.4. The van der Waals surface area contributed by atoms with Crippen molar-refractivity contribution >= 4 is 11.9 Å². The number of nitrogens with zero attached hydrogens (tertiary/aromatic N) is 2. The summed E-state index contributed by atoms with van der Waals surface area (Å²) in [5.41, 5.74) is -3.49. The lowest BCUT2D eigenvalue weighted by Gasteiger charge is -2.11. The van der Waals surface area contributed by atoms with Gasteiger partial charge in [-0.25, -0.2) is 0 Å². The van der Waals surface area contributed by atoms with Gasteiger partial charge in [-0.15, -0.1) is 0 Å². The lowest BCUT2D eigenvalue weighted by atomic mass is 9.95. The molecule has 2 atom stereocenters. The summed E-state index contributed by atoms with van der Waals surface area (Å²) in [6.45, 7) is 4.85. The minimum absolute atomic E-state index is 0.0827. The van der Waals surface area contributed by atoms with Crippen LogP contribution in [0.5, 0.6) is 0 Å². The lowest BCUT2D eigenvalue weighted by Crippen LogP contribution is -2.30. The molecule has 1 aliphatic carbocycles. The molecule has 1 saturated carbocycles. The van der Waals surface area contributed by atoms with Crippen LogP contribution in [0.2, 0.25) is 0 Å². The zero-order chi connectivity index (χ0) is 14.0. The highest BCUT2D eigenvalue weighted by Gasteiger charge is 2.86. The first-order valence-electron chi connectivity index (χ1n) is 5.66. The van der Waals surface area contributed by atoms with Crippen molar-refractivity contribution in [2.75, 3.05) is 13.2 Å². The molecule has 0 aromatic carbocycles. The Hall–Kier alpha value is -2.08. The predicted molar refractivity (Wildman–Crippen MR) is 58.5 cm³/mol. The quantitative estimate of drug-likeness (QED) is 0.683. The topological polar surface area (TPSA) is 100 Å². The lowest BCUT2D eigenvalue weighted by molar-refractivity contribution is -0.155. The van der Waals surface area contributed by atoms with Gasteiger partial charge in [0.1, 0.15) is 0 Å². The van der Waals surface area contributed by atoms with Crippen LogP contribution >= 0.6 is 0 Å². The molecule has 0 aromatic rings. The molecule has 6 nitrogen and oxygen atoms in total. The number of hydrogen-bond acceptors (Lipinski definition) is 6. The van der Waals surface area contributed by atoms with E-state index in [0.717, 1.165) is 0 Å². The van der Waals surface area contributed by atoms with Crippen molar-refractivity contribution in [2.45, 2.75) is 20.8 Å². The van der Waals surface area contributed by atoms with E-state index in [2.05, 4.69) is 0 Å². The van der Waals surface area contributed by atoms with Gasteiger partial charge in [-0.1, -0.05) is 6.92 Å². The number of esters is 2. The van der Waals surface area contributed by atoms with Crippen molar-refractivity contribution in [3.63, 3.8) is 0 Å². The Morgan fingerprint density at radius 2 is 1.39 bits per heavy atom. The standard InChI is InChI=1S/C12H14N2O4/c1-4-17-9(15)11(6-13)8(3)12(11,7-14)10(16)18-5-2/h8H,4-5H2,1-3H3. The summed E-state index contributed by atoms with van der Waals surface area (Å²) in [6.07, 6.45) is 0. The van der Waals surface area contributed by atoms with Crippen LogP contribution in [0.4, 0.5) is 0 Å². The summed E-state index contributed by atoms with van der Waals surface area (Å²) >= 11 is 0. The first-order valence-corrected chi connectivity index (χ1v) is 5.66. The maximum absolute atomic E-state index is 11.8. The summed E-state index contributed by atoms with van der Waals surface area (Å²) < 4.78 is 9.59. The van der Waals surface area contributed by atoms with Crippen LogP contribution in [0.15, 0.2) is 0 Å². The first-order chi connectivity index (χ1) is 8.49. The molecule has 0 bridgehead atoms. The minimum Gasteiger partial charge on any atom is -0.465 e. The van der Waals surface area contributed by atoms with E-state index >= 15 is 0 Å². The molecule has 0 N–H and O–H groups in total. The normalized spacial score (nSPS) is 32.8. The Morgan fingerprint density at radius 3 is 1.61 bits per heavy atom. The zero-order valence-electron chi connectivity index (χ0n) is 10.5. The van der Waals surface area contributed by atoms with Gasteiger partial charge >= 0.3 is 11.9 Å². The molecule has 0 amide bonds. The maximum atomic E-state index is 11.8. The van der Waals surface area contributed by atoms with Gasteiger partial charge in [-0.3, -0.25) is 9.59 Å². The molecule has 96 valence electrons. The van der Waals surface area contributed by atoms with Crippen molar-refractivity contribution in [2.24, 2.45) is 16.7 Å². The van der Waals surface area contributed by atoms with Gasteiger partial charge in [-0.2, -0.15) is 10.5 Å². The number of hydrogen-bond donors (Lipinski definition) is 0. The van der Waals surface area contributed by atoms with Crippen molar-refractivity contribution in [1.29, 1.82) is 10.5 Å². The maximum Gasteiger partial charge on any atom is 0.329 e. The second kappa shape index (κ2) is 4.66. The van der Waals surface area contributed by atoms with Gasteiger partial charge < -0.3 is 9.47 Å². The van der Waals surface area contributed by atoms with Crippen molar-refractivity contribution in [3.05, 3.63) is 0 Å². The molecule has 1 aliphatic rings. The van der Waals surface area contributed by atoms with Crippen LogP contribution in [-0.4, -0.2) is 25.2 Å². The molecule has 1 rings (SSSR count). The summed E-state index contributed by atoms with van der Waals surface area (Å²) in [4.78, 5) is 23.7. The highest BCUT2D eigenvalue weighted by Crippen LogP contribution is 2.69. The molecule has 2 unspecified atom stereocenters. The fraction of sp³-hybridized carbons (Fsp3) is 0.667. The Balaban J connectivity index is 3.19. The summed E-state index contributed by atoms with van der Waals surface area (Å²) in [6, 6.07) is 3.54. The SMILES string of the molecule is CCOC(=O)C1(C#N)C(C)C1(C#N)C(=O)OCC. The molecule has 0 aromatic heterocycles. The Bertz CT molecular complexity index is 420. The third-order valence-electron chi connectivity index (χ3n) is 3.39. The van der Waals surface area contributed by atoms with E-state index in [1.54, 1.807) is 26.0 Å². The van der Waals surface area contributed by atoms with Gasteiger partial charge in [-0.05, 0) is 13.8 Å². The van der Waals surface area contributed by atoms with Crippen molar-refractivity contribution in [3.8, 4) is 12.1 Å². The molecule has 0 saturated heterocycles. The molecule has 0 spiro atoms. The molecular weight excluding hydrogens is 236 g/mol. The van der Waals surface area contributed by atoms with Crippen LogP contribution in [0, 0.1) is 39.4 Å². The van der Waals surface area contributed by atoms with Gasteiger partial charge in [0.2, 0.25) is 0 Å². The third kappa shape index (κ3) is 1.39. The zero-order valence-corrected chi connectivity index (χ0v) is 10.5. The molecular formula is C12H14N2O4. The van der Waals surface area contributed by atoms with Crippen LogP contribution in [-0.2, 0) is 19.1 Å². The number of carbonyl (C=O) groups excluding carboxylic acids is 2. The summed E-state index contributed by atoms with van der Waals surface area (Å²) in [7, 11) is 0. The highest BCUT2D eigenvalue weighted by molar-refractivity contribution is 6.00. The average Bonchev–Trinajstić information content (AvgIpc) is 2.91. The van der Waals surface area contributed by atoms with Crippen LogP contribution in [0.1, 0.15) is 20.8 Å². The monoisotopic (exact) mass is 250 g/mol. The smallest absolute Gasteiger partial charge is 0.329 e. The Labute approximate surface area is 105 Å². The van der Waals surface area contributed by atoms with Crippen LogP contribution in [0.3, 0.4) is 0 Å². The predicted octanol–water partition coefficient (Wildman–Crippen LogP) is 0.782. The first kappa shape index (κ1) is 14.0. The largest absolute Gasteiger partial charge is 0.465 e. The van der Waals surface area contributed by atoms with Crippen LogP contribution in [0.25, 0.3) is 0 Å². The Kier molecular flexibility index (Phi) is 3.62. The average molecular weight is 250 g/mol. The van der Waals surface area contributed by atoms with E-state index in [0.29, 0.717) is 0 Å². The molecule has 0 radical (unpaired) electrons. The van der Waals surface area contributed by atoms with E-state index in [9.17, 15) is 20.1 Å². The number of ether oxygens (including phenoxy) is 2. The fourth-order valence-electron chi connectivity index (χ4n) is 2.29. The number of carbonyl (C=O) groups is 2. The van der Waals surface area contributed by atoms with E-state index in [1.807, 2.05) is 0 Å². The van der Waals surface area contributed by atoms with Gasteiger partial charge in [0.25, 0.3) is 0 Å². The van der Waals surface area contributed by atoms with E-state index in [-0.39, 0.29) is 13.2 Å². The molecule has 18 heavy (non-hydrogen) atoms. The van der Waals surface area contributed by atoms with E-state index in [4.69, 9.17) is 9.47 Å². The van der Waals surface area contributed by atoms with Gasteiger partial charge in [0.15, 0.2) is 10.8 Å². The molecule has 0 aliphatic heterocycles. The molecule has 6 heteroatoms. The minimum atomic E-state index is -1.75. The van der Waals surface area contributed by atoms with E-state index < -0.39 is 28.7 Å². The molecule has 1 fully saturated rings. The van der Waals surface area contributed by atoms with Gasteiger partial charge in [0.05, 0.1) is 25.4 Å². The number of nitriles is 2. The van der Waals surface area contributed by atoms with Gasteiger partial charge in [0, 0.05) is 5.92 Å². The second-order valence-electron chi connectivity index (χ2n) is 4.00. The number of rotatable bonds is 4. The summed E-state index contributed by atoms with van der Waals surface area (Å²) in [5.74, 6) is -2.41.